The fourth-order valence-corrected chi connectivity index (χ4v) is 1.29. The predicted octanol–water partition coefficient (Wildman–Crippen LogP) is 2.12. The Morgan fingerprint density at radius 2 is 2.12 bits per heavy atom. The number of H-pyrrole nitrogens is 1. The van der Waals surface area contributed by atoms with Crippen molar-refractivity contribution in [3.8, 4) is 6.07 Å². The standard InChI is InChI=1S/C12H11N5/c1-9(12-6-7-14-17-12)15-16-11-4-2-10(8-13)3-5-11/h2-7,16H,1H3,(H,14,17)/b15-9-. The lowest BCUT2D eigenvalue weighted by Crippen LogP contribution is -2.00. The van der Waals surface area contributed by atoms with Crippen LogP contribution in [0.2, 0.25) is 0 Å². The summed E-state index contributed by atoms with van der Waals surface area (Å²) in [5.41, 5.74) is 6.06. The summed E-state index contributed by atoms with van der Waals surface area (Å²) >= 11 is 0. The van der Waals surface area contributed by atoms with Crippen LogP contribution in [0.4, 0.5) is 5.69 Å². The molecule has 0 atom stereocenters. The molecule has 1 heterocycles. The van der Waals surface area contributed by atoms with Gasteiger partial charge in [0.25, 0.3) is 0 Å². The average molecular weight is 225 g/mol. The lowest BCUT2D eigenvalue weighted by atomic mass is 10.2. The largest absolute Gasteiger partial charge is 0.278 e. The number of hydrogen-bond donors (Lipinski definition) is 2. The van der Waals surface area contributed by atoms with Gasteiger partial charge in [-0.2, -0.15) is 15.5 Å². The maximum Gasteiger partial charge on any atom is 0.0991 e. The van der Waals surface area contributed by atoms with Crippen molar-refractivity contribution >= 4 is 11.4 Å². The molecule has 2 N–H and O–H groups in total. The van der Waals surface area contributed by atoms with Crippen LogP contribution in [-0.2, 0) is 0 Å². The molecular weight excluding hydrogens is 214 g/mol. The molecule has 84 valence electrons. The first-order valence-corrected chi connectivity index (χ1v) is 5.10. The van der Waals surface area contributed by atoms with Gasteiger partial charge in [-0.05, 0) is 37.3 Å². The molecule has 0 spiro atoms. The van der Waals surface area contributed by atoms with Crippen LogP contribution in [0.15, 0.2) is 41.6 Å². The van der Waals surface area contributed by atoms with Crippen LogP contribution in [-0.4, -0.2) is 15.9 Å². The zero-order chi connectivity index (χ0) is 12.1. The van der Waals surface area contributed by atoms with E-state index in [-0.39, 0.29) is 0 Å². The summed E-state index contributed by atoms with van der Waals surface area (Å²) in [5.74, 6) is 0. The van der Waals surface area contributed by atoms with Crippen molar-refractivity contribution in [1.29, 1.82) is 5.26 Å². The van der Waals surface area contributed by atoms with E-state index in [0.29, 0.717) is 5.56 Å². The van der Waals surface area contributed by atoms with Crippen molar-refractivity contribution in [3.05, 3.63) is 47.8 Å². The zero-order valence-electron chi connectivity index (χ0n) is 9.31. The van der Waals surface area contributed by atoms with Gasteiger partial charge in [-0.1, -0.05) is 0 Å². The summed E-state index contributed by atoms with van der Waals surface area (Å²) in [5, 5.41) is 19.5. The molecule has 0 aliphatic carbocycles. The first-order valence-electron chi connectivity index (χ1n) is 5.10. The molecule has 0 saturated carbocycles. The number of hydrazone groups is 1. The second kappa shape index (κ2) is 4.94. The van der Waals surface area contributed by atoms with E-state index in [9.17, 15) is 0 Å². The summed E-state index contributed by atoms with van der Waals surface area (Å²) in [6, 6.07) is 11.0. The Bertz CT molecular complexity index is 546. The molecule has 0 aliphatic heterocycles. The zero-order valence-corrected chi connectivity index (χ0v) is 9.31. The number of hydrogen-bond acceptors (Lipinski definition) is 4. The first kappa shape index (κ1) is 10.9. The fourth-order valence-electron chi connectivity index (χ4n) is 1.29. The summed E-state index contributed by atoms with van der Waals surface area (Å²) < 4.78 is 0. The van der Waals surface area contributed by atoms with Crippen LogP contribution in [0, 0.1) is 11.3 Å². The first-order chi connectivity index (χ1) is 8.29. The van der Waals surface area contributed by atoms with Gasteiger partial charge in [-0.15, -0.1) is 0 Å². The molecule has 2 rings (SSSR count). The number of aromatic amines is 1. The molecule has 0 unspecified atom stereocenters. The Hall–Kier alpha value is -2.61. The molecular formula is C12H11N5. The van der Waals surface area contributed by atoms with Crippen LogP contribution in [0.1, 0.15) is 18.2 Å². The van der Waals surface area contributed by atoms with Gasteiger partial charge < -0.3 is 0 Å². The third-order valence-corrected chi connectivity index (χ3v) is 2.26. The molecule has 5 heteroatoms. The van der Waals surface area contributed by atoms with Gasteiger partial charge in [0.15, 0.2) is 0 Å². The van der Waals surface area contributed by atoms with Crippen LogP contribution >= 0.6 is 0 Å². The van der Waals surface area contributed by atoms with Crippen molar-refractivity contribution < 1.29 is 0 Å². The van der Waals surface area contributed by atoms with E-state index < -0.39 is 0 Å². The number of aromatic nitrogens is 2. The van der Waals surface area contributed by atoms with Gasteiger partial charge in [0.1, 0.15) is 0 Å². The highest BCUT2D eigenvalue weighted by Gasteiger charge is 1.97. The number of nitriles is 1. The molecule has 0 bridgehead atoms. The van der Waals surface area contributed by atoms with E-state index in [4.69, 9.17) is 5.26 Å². The van der Waals surface area contributed by atoms with Gasteiger partial charge in [0.05, 0.1) is 28.7 Å². The van der Waals surface area contributed by atoms with Crippen LogP contribution < -0.4 is 5.43 Å². The number of anilines is 1. The fraction of sp³-hybridized carbons (Fsp3) is 0.0833. The van der Waals surface area contributed by atoms with Gasteiger partial charge >= 0.3 is 0 Å². The summed E-state index contributed by atoms with van der Waals surface area (Å²) in [6.45, 7) is 1.88. The summed E-state index contributed by atoms with van der Waals surface area (Å²) in [6.07, 6.45) is 1.68. The highest BCUT2D eigenvalue weighted by atomic mass is 15.3. The number of benzene rings is 1. The lowest BCUT2D eigenvalue weighted by molar-refractivity contribution is 1.08. The highest BCUT2D eigenvalue weighted by molar-refractivity contribution is 5.97. The molecule has 17 heavy (non-hydrogen) atoms. The number of nitrogens with one attached hydrogen (secondary N) is 2. The predicted molar refractivity (Wildman–Crippen MR) is 65.6 cm³/mol. The molecule has 0 amide bonds. The lowest BCUT2D eigenvalue weighted by Gasteiger charge is -2.01. The van der Waals surface area contributed by atoms with Crippen LogP contribution in [0.25, 0.3) is 0 Å². The van der Waals surface area contributed by atoms with E-state index in [1.807, 2.05) is 25.1 Å². The van der Waals surface area contributed by atoms with Crippen molar-refractivity contribution in [2.45, 2.75) is 6.92 Å². The van der Waals surface area contributed by atoms with Gasteiger partial charge in [-0.25, -0.2) is 0 Å². The van der Waals surface area contributed by atoms with E-state index in [1.165, 1.54) is 0 Å². The molecule has 1 aromatic carbocycles. The minimum Gasteiger partial charge on any atom is -0.278 e. The molecule has 1 aromatic heterocycles. The Balaban J connectivity index is 2.07. The molecule has 0 radical (unpaired) electrons. The maximum absolute atomic E-state index is 8.66. The van der Waals surface area contributed by atoms with Crippen molar-refractivity contribution in [2.75, 3.05) is 5.43 Å². The third kappa shape index (κ3) is 2.69. The Labute approximate surface area is 98.8 Å². The van der Waals surface area contributed by atoms with E-state index in [0.717, 1.165) is 17.1 Å². The molecule has 0 aliphatic rings. The van der Waals surface area contributed by atoms with E-state index in [2.05, 4.69) is 26.8 Å². The van der Waals surface area contributed by atoms with Gasteiger partial charge in [0, 0.05) is 6.20 Å². The SMILES string of the molecule is C/C(=N/Nc1ccc(C#N)cc1)c1ccn[nH]1. The number of rotatable bonds is 3. The molecule has 0 fully saturated rings. The monoisotopic (exact) mass is 225 g/mol. The minimum absolute atomic E-state index is 0.629. The Kier molecular flexibility index (Phi) is 3.17. The summed E-state index contributed by atoms with van der Waals surface area (Å²) in [4.78, 5) is 0. The van der Waals surface area contributed by atoms with Crippen molar-refractivity contribution in [3.63, 3.8) is 0 Å². The average Bonchev–Trinajstić information content (AvgIpc) is 2.90. The second-order valence-electron chi connectivity index (χ2n) is 3.47. The smallest absolute Gasteiger partial charge is 0.0991 e. The molecule has 2 aromatic rings. The normalized spacial score (nSPS) is 10.9. The minimum atomic E-state index is 0.629. The molecule has 0 saturated heterocycles. The van der Waals surface area contributed by atoms with Crippen LogP contribution in [0.3, 0.4) is 0 Å². The molecule has 5 nitrogen and oxygen atoms in total. The van der Waals surface area contributed by atoms with Crippen LogP contribution in [0.5, 0.6) is 0 Å². The van der Waals surface area contributed by atoms with E-state index in [1.54, 1.807) is 18.3 Å². The topological polar surface area (TPSA) is 76.9 Å². The number of nitrogens with zero attached hydrogens (tertiary/aromatic N) is 3. The second-order valence-corrected chi connectivity index (χ2v) is 3.47. The van der Waals surface area contributed by atoms with Crippen molar-refractivity contribution in [1.82, 2.24) is 10.2 Å². The van der Waals surface area contributed by atoms with Crippen molar-refractivity contribution in [2.24, 2.45) is 5.10 Å². The van der Waals surface area contributed by atoms with Gasteiger partial charge in [-0.3, -0.25) is 10.5 Å². The third-order valence-electron chi connectivity index (χ3n) is 2.26. The van der Waals surface area contributed by atoms with Gasteiger partial charge in [0.2, 0.25) is 0 Å². The van der Waals surface area contributed by atoms with E-state index >= 15 is 0 Å². The summed E-state index contributed by atoms with van der Waals surface area (Å²) in [7, 11) is 0. The quantitative estimate of drug-likeness (QED) is 0.620. The highest BCUT2D eigenvalue weighted by Crippen LogP contribution is 2.09. The Morgan fingerprint density at radius 3 is 2.71 bits per heavy atom. The Morgan fingerprint density at radius 1 is 1.35 bits per heavy atom. The maximum atomic E-state index is 8.66.